The molecule has 2 aliphatic heterocycles. The first kappa shape index (κ1) is 38.9. The lowest BCUT2D eigenvalue weighted by atomic mass is 9.71. The van der Waals surface area contributed by atoms with Gasteiger partial charge in [0.25, 0.3) is 23.5 Å². The number of aromatic nitrogens is 2. The predicted octanol–water partition coefficient (Wildman–Crippen LogP) is 2.08. The van der Waals surface area contributed by atoms with Gasteiger partial charge in [0.2, 0.25) is 5.78 Å². The average molecular weight is 817 g/mol. The van der Waals surface area contributed by atoms with Crippen LogP contribution in [0, 0.1) is 0 Å². The van der Waals surface area contributed by atoms with E-state index in [4.69, 9.17) is 33.7 Å². The second-order valence-corrected chi connectivity index (χ2v) is 17.8. The van der Waals surface area contributed by atoms with Crippen LogP contribution in [0.4, 0.5) is 11.5 Å². The first-order valence-corrected chi connectivity index (χ1v) is 20.4. The molecule has 272 valence electrons. The number of anilines is 1. The smallest absolute Gasteiger partial charge is 0.351 e. The number of phosphoric acid groups is 4. The Morgan fingerprint density at radius 2 is 1.62 bits per heavy atom. The number of rotatable bonds is 12. The first-order chi connectivity index (χ1) is 23.0. The first-order valence-electron chi connectivity index (χ1n) is 13.8. The van der Waals surface area contributed by atoms with Crippen molar-refractivity contribution in [2.75, 3.05) is 12.3 Å². The van der Waals surface area contributed by atoms with Crippen molar-refractivity contribution in [3.05, 3.63) is 68.2 Å². The number of hydrogen-bond donors (Lipinski definition) is 1. The minimum absolute atomic E-state index is 0.0439. The van der Waals surface area contributed by atoms with Crippen molar-refractivity contribution >= 4 is 77.5 Å². The maximum atomic E-state index is 12.5. The van der Waals surface area contributed by atoms with E-state index >= 15 is 0 Å². The Kier molecular flexibility index (Phi) is 10.8. The number of aliphatic imine (C=N–C) groups is 1. The van der Waals surface area contributed by atoms with Crippen molar-refractivity contribution in [3.63, 3.8) is 0 Å². The van der Waals surface area contributed by atoms with Crippen molar-refractivity contribution in [3.8, 4) is 5.75 Å². The molecular formula is C24H22Cl2N4O16P4-4. The largest absolute Gasteiger partial charge is 0.756 e. The standard InChI is InChI=1S/C24H26Cl2N4O16P4/c1-24(2)14-9-12(3-5-16(14)28-17-10-15(25)22(31)21(26)20(17)24)43-48(35,36)45-50(39,40)46-49(37,38)44-47(33,34)41-11-13-4-6-19(42-13)30-8-7-18(27)29-23(30)32/h3,5,7-10,13,19H,4,6,11H2,1-2H3,(H,33,34)(H,35,36)(H,37,38)(H,39,40)(H2,27,29,32)/p-4/t13-,19?/m0/s1. The van der Waals surface area contributed by atoms with Crippen molar-refractivity contribution in [2.45, 2.75) is 44.4 Å². The SMILES string of the molecule is CC1(C)C2=C(Cl)C(=O)C(Cl)=CC2=Nc2ccc(OP(=O)([O-])OP(=O)([O-])OP(=O)([O-])OP(=O)([O-])OC[C@@H]3CCC(n4ccc(N)nc4=O)O3)cc21. The van der Waals surface area contributed by atoms with Crippen molar-refractivity contribution in [1.29, 1.82) is 0 Å². The summed E-state index contributed by atoms with van der Waals surface area (Å²) in [6, 6.07) is 4.77. The summed E-state index contributed by atoms with van der Waals surface area (Å²) >= 11 is 12.2. The van der Waals surface area contributed by atoms with E-state index in [0.717, 1.165) is 16.7 Å². The van der Waals surface area contributed by atoms with Crippen LogP contribution >= 0.6 is 54.5 Å². The van der Waals surface area contributed by atoms with Gasteiger partial charge < -0.3 is 39.1 Å². The van der Waals surface area contributed by atoms with Gasteiger partial charge in [-0.3, -0.25) is 27.6 Å². The Morgan fingerprint density at radius 1 is 0.980 bits per heavy atom. The molecule has 50 heavy (non-hydrogen) atoms. The number of carbonyl (C=O) groups excluding carboxylic acids is 1. The van der Waals surface area contributed by atoms with Crippen LogP contribution < -0.4 is 35.5 Å². The Morgan fingerprint density at radius 3 is 2.28 bits per heavy atom. The van der Waals surface area contributed by atoms with E-state index in [1.807, 2.05) is 0 Å². The molecule has 26 heteroatoms. The molecule has 0 saturated carbocycles. The third-order valence-corrected chi connectivity index (χ3v) is 13.5. The van der Waals surface area contributed by atoms with E-state index in [1.54, 1.807) is 13.8 Å². The van der Waals surface area contributed by atoms with Crippen LogP contribution in [0.3, 0.4) is 0 Å². The molecule has 0 radical (unpaired) electrons. The Labute approximate surface area is 291 Å². The number of fused-ring (bicyclic) bond motifs is 2. The third kappa shape index (κ3) is 8.81. The molecule has 1 aromatic heterocycles. The van der Waals surface area contributed by atoms with Crippen LogP contribution in [0.1, 0.15) is 38.5 Å². The lowest BCUT2D eigenvalue weighted by molar-refractivity contribution is -0.253. The molecule has 3 aliphatic rings. The highest BCUT2D eigenvalue weighted by Gasteiger charge is 2.41. The van der Waals surface area contributed by atoms with E-state index in [2.05, 4.69) is 32.0 Å². The van der Waals surface area contributed by atoms with Crippen molar-refractivity contribution < 1.29 is 69.3 Å². The fourth-order valence-electron chi connectivity index (χ4n) is 5.11. The molecule has 20 nitrogen and oxygen atoms in total. The number of ether oxygens (including phenoxy) is 1. The van der Waals surface area contributed by atoms with Crippen LogP contribution in [-0.4, -0.2) is 33.8 Å². The molecule has 1 fully saturated rings. The Bertz CT molecular complexity index is 2120. The normalized spacial score (nSPS) is 24.8. The number of ketones is 1. The van der Waals surface area contributed by atoms with Gasteiger partial charge in [-0.1, -0.05) is 37.0 Å². The number of allylic oxidation sites excluding steroid dienone is 4. The maximum Gasteiger partial charge on any atom is 0.351 e. The number of nitrogens with two attached hydrogens (primary N) is 1. The van der Waals surface area contributed by atoms with E-state index in [1.165, 1.54) is 24.4 Å². The van der Waals surface area contributed by atoms with Gasteiger partial charge in [0.15, 0.2) is 0 Å². The lowest BCUT2D eigenvalue weighted by Gasteiger charge is -2.37. The third-order valence-electron chi connectivity index (χ3n) is 7.15. The van der Waals surface area contributed by atoms with E-state index in [-0.39, 0.29) is 51.3 Å². The summed E-state index contributed by atoms with van der Waals surface area (Å²) in [6.45, 7) is 2.41. The number of phosphoric ester groups is 2. The summed E-state index contributed by atoms with van der Waals surface area (Å²) in [5.74, 6) is -1.26. The van der Waals surface area contributed by atoms with Gasteiger partial charge in [-0.25, -0.2) is 22.7 Å². The van der Waals surface area contributed by atoms with Gasteiger partial charge >= 0.3 is 13.5 Å². The van der Waals surface area contributed by atoms with E-state index in [9.17, 15) is 47.4 Å². The monoisotopic (exact) mass is 816 g/mol. The molecule has 1 aliphatic carbocycles. The highest BCUT2D eigenvalue weighted by molar-refractivity contribution is 7.68. The topological polar surface area (TPSA) is 306 Å². The summed E-state index contributed by atoms with van der Waals surface area (Å²) in [6.07, 6.45) is 1.04. The van der Waals surface area contributed by atoms with Gasteiger partial charge in [0.1, 0.15) is 17.8 Å². The Balaban J connectivity index is 1.20. The molecule has 0 spiro atoms. The summed E-state index contributed by atoms with van der Waals surface area (Å²) in [4.78, 5) is 81.2. The number of hydrogen-bond acceptors (Lipinski definition) is 19. The fourth-order valence-corrected chi connectivity index (χ4v) is 10.5. The van der Waals surface area contributed by atoms with E-state index < -0.39 is 72.9 Å². The molecule has 2 N–H and O–H groups in total. The summed E-state index contributed by atoms with van der Waals surface area (Å²) in [5.41, 5.74) is 4.66. The van der Waals surface area contributed by atoms with Gasteiger partial charge in [0, 0.05) is 17.2 Å². The fraction of sp³-hybridized carbons (Fsp3) is 0.333. The van der Waals surface area contributed by atoms with Gasteiger partial charge in [0.05, 0.1) is 34.2 Å². The molecule has 0 amide bonds. The second kappa shape index (κ2) is 13.9. The Hall–Kier alpha value is -2.34. The number of benzene rings is 1. The summed E-state index contributed by atoms with van der Waals surface area (Å²) in [7, 11) is -24.8. The summed E-state index contributed by atoms with van der Waals surface area (Å²) < 4.78 is 75.8. The molecule has 6 atom stereocenters. The number of halogens is 2. The number of nitrogen functional groups attached to an aromatic ring is 1. The molecule has 5 unspecified atom stereocenters. The van der Waals surface area contributed by atoms with Crippen LogP contribution in [-0.2, 0) is 50.7 Å². The van der Waals surface area contributed by atoms with E-state index in [0.29, 0.717) is 0 Å². The van der Waals surface area contributed by atoms with Crippen LogP contribution in [0.25, 0.3) is 0 Å². The lowest BCUT2D eigenvalue weighted by Crippen LogP contribution is -2.32. The minimum atomic E-state index is -6.48. The minimum Gasteiger partial charge on any atom is -0.756 e. The zero-order valence-electron chi connectivity index (χ0n) is 25.2. The zero-order valence-corrected chi connectivity index (χ0v) is 30.3. The molecule has 5 rings (SSSR count). The molecule has 2 aromatic rings. The van der Waals surface area contributed by atoms with Crippen LogP contribution in [0.15, 0.2) is 62.0 Å². The second-order valence-electron chi connectivity index (χ2n) is 11.1. The maximum absolute atomic E-state index is 12.5. The molecule has 0 bridgehead atoms. The van der Waals surface area contributed by atoms with Crippen molar-refractivity contribution in [2.24, 2.45) is 4.99 Å². The summed E-state index contributed by atoms with van der Waals surface area (Å²) in [5, 5.41) is -0.409. The highest BCUT2D eigenvalue weighted by atomic mass is 35.5. The quantitative estimate of drug-likeness (QED) is 0.237. The van der Waals surface area contributed by atoms with Crippen molar-refractivity contribution in [1.82, 2.24) is 9.55 Å². The average Bonchev–Trinajstić information content (AvgIpc) is 3.42. The number of Topliss-reactive ketones (excluding diaryl/α,β-unsaturated/α-hetero) is 1. The highest BCUT2D eigenvalue weighted by Crippen LogP contribution is 2.66. The molecular weight excluding hydrogens is 795 g/mol. The van der Waals surface area contributed by atoms with Crippen LogP contribution in [0.2, 0.25) is 0 Å². The predicted molar refractivity (Wildman–Crippen MR) is 165 cm³/mol. The number of nitrogens with zero attached hydrogens (tertiary/aromatic N) is 3. The number of carbonyl (C=O) groups is 1. The molecule has 1 saturated heterocycles. The van der Waals surface area contributed by atoms with Crippen LogP contribution in [0.5, 0.6) is 5.75 Å². The van der Waals surface area contributed by atoms with Gasteiger partial charge in [-0.2, -0.15) is 4.98 Å². The molecule has 1 aromatic carbocycles. The van der Waals surface area contributed by atoms with Gasteiger partial charge in [-0.05, 0) is 48.7 Å². The zero-order chi connectivity index (χ0) is 37.0. The van der Waals surface area contributed by atoms with Gasteiger partial charge in [-0.15, -0.1) is 0 Å². The molecule has 3 heterocycles.